The lowest BCUT2D eigenvalue weighted by Gasteiger charge is -2.07. The van der Waals surface area contributed by atoms with Crippen LogP contribution in [0.1, 0.15) is 18.0 Å². The fourth-order valence-electron chi connectivity index (χ4n) is 1.53. The van der Waals surface area contributed by atoms with E-state index in [0.29, 0.717) is 6.42 Å². The Balaban J connectivity index is 2.22. The molecule has 0 saturated carbocycles. The summed E-state index contributed by atoms with van der Waals surface area (Å²) in [4.78, 5) is 0. The van der Waals surface area contributed by atoms with Crippen LogP contribution in [0, 0.1) is 0 Å². The fourth-order valence-corrected chi connectivity index (χ4v) is 2.88. The minimum Gasteiger partial charge on any atom is -0.212 e. The summed E-state index contributed by atoms with van der Waals surface area (Å²) < 4.78 is 24.8. The summed E-state index contributed by atoms with van der Waals surface area (Å²) >= 11 is 0. The monoisotopic (exact) mass is 197 g/mol. The summed E-state index contributed by atoms with van der Waals surface area (Å²) in [5, 5.41) is 0. The van der Waals surface area contributed by atoms with E-state index in [2.05, 4.69) is 4.72 Å². The van der Waals surface area contributed by atoms with Gasteiger partial charge in [0.25, 0.3) is 0 Å². The highest BCUT2D eigenvalue weighted by Gasteiger charge is 2.27. The summed E-state index contributed by atoms with van der Waals surface area (Å²) in [6.45, 7) is 0. The third-order valence-electron chi connectivity index (χ3n) is 2.20. The molecule has 1 saturated heterocycles. The topological polar surface area (TPSA) is 46.2 Å². The van der Waals surface area contributed by atoms with Crippen molar-refractivity contribution in [1.29, 1.82) is 0 Å². The van der Waals surface area contributed by atoms with Gasteiger partial charge in [-0.1, -0.05) is 30.3 Å². The first-order chi connectivity index (χ1) is 6.17. The molecule has 0 bridgehead atoms. The molecule has 70 valence electrons. The summed E-state index contributed by atoms with van der Waals surface area (Å²) in [7, 11) is -2.99. The summed E-state index contributed by atoms with van der Waals surface area (Å²) in [6.07, 6.45) is 0.673. The molecule has 3 nitrogen and oxygen atoms in total. The summed E-state index contributed by atoms with van der Waals surface area (Å²) in [5.41, 5.74) is 1.04. The zero-order valence-corrected chi connectivity index (χ0v) is 7.92. The second-order valence-electron chi connectivity index (χ2n) is 3.19. The highest BCUT2D eigenvalue weighted by Crippen LogP contribution is 2.23. The van der Waals surface area contributed by atoms with Crippen LogP contribution in [0.3, 0.4) is 0 Å². The Kier molecular flexibility index (Phi) is 2.09. The van der Waals surface area contributed by atoms with Gasteiger partial charge in [-0.05, 0) is 12.0 Å². The van der Waals surface area contributed by atoms with Gasteiger partial charge in [0.15, 0.2) is 0 Å². The molecule has 1 aliphatic heterocycles. The molecule has 1 fully saturated rings. The number of nitrogens with one attached hydrogen (secondary N) is 1. The zero-order valence-electron chi connectivity index (χ0n) is 7.10. The highest BCUT2D eigenvalue weighted by molar-refractivity contribution is 7.89. The number of hydrogen-bond donors (Lipinski definition) is 1. The summed E-state index contributed by atoms with van der Waals surface area (Å²) in [5.74, 6) is 0.243. The lowest BCUT2D eigenvalue weighted by atomic mass is 10.1. The SMILES string of the molecule is O=S1(=O)CC[C@@H](c2ccccc2)N1. The average Bonchev–Trinajstić information content (AvgIpc) is 2.48. The molecule has 0 aromatic heterocycles. The molecule has 1 aromatic rings. The third-order valence-corrected chi connectivity index (χ3v) is 3.62. The van der Waals surface area contributed by atoms with Crippen molar-refractivity contribution in [3.8, 4) is 0 Å². The Morgan fingerprint density at radius 1 is 1.23 bits per heavy atom. The van der Waals surface area contributed by atoms with Crippen LogP contribution in [-0.4, -0.2) is 14.2 Å². The van der Waals surface area contributed by atoms with E-state index in [9.17, 15) is 8.42 Å². The average molecular weight is 197 g/mol. The number of hydrogen-bond acceptors (Lipinski definition) is 2. The molecule has 0 aliphatic carbocycles. The molecule has 1 heterocycles. The maximum atomic E-state index is 11.1. The molecule has 13 heavy (non-hydrogen) atoms. The molecule has 0 radical (unpaired) electrons. The standard InChI is InChI=1S/C9H11NO2S/c11-13(12)7-6-9(10-13)8-4-2-1-3-5-8/h1-5,9-10H,6-7H2/t9-/m0/s1. The Hall–Kier alpha value is -0.870. The van der Waals surface area contributed by atoms with Crippen molar-refractivity contribution in [2.75, 3.05) is 5.75 Å². The van der Waals surface area contributed by atoms with Crippen molar-refractivity contribution in [3.05, 3.63) is 35.9 Å². The number of sulfonamides is 1. The highest BCUT2D eigenvalue weighted by atomic mass is 32.2. The van der Waals surface area contributed by atoms with Gasteiger partial charge in [-0.25, -0.2) is 13.1 Å². The van der Waals surface area contributed by atoms with Crippen molar-refractivity contribution in [1.82, 2.24) is 4.72 Å². The zero-order chi connectivity index (χ0) is 9.31. The van der Waals surface area contributed by atoms with E-state index in [1.54, 1.807) is 0 Å². The molecule has 1 aliphatic rings. The minimum absolute atomic E-state index is 0.0220. The quantitative estimate of drug-likeness (QED) is 0.731. The van der Waals surface area contributed by atoms with Crippen LogP contribution in [0.15, 0.2) is 30.3 Å². The van der Waals surface area contributed by atoms with E-state index in [1.165, 1.54) is 0 Å². The molecule has 0 unspecified atom stereocenters. The molecule has 2 rings (SSSR count). The number of rotatable bonds is 1. The van der Waals surface area contributed by atoms with E-state index >= 15 is 0 Å². The van der Waals surface area contributed by atoms with Crippen LogP contribution in [-0.2, 0) is 10.0 Å². The second kappa shape index (κ2) is 3.12. The van der Waals surface area contributed by atoms with E-state index in [-0.39, 0.29) is 11.8 Å². The predicted octanol–water partition coefficient (Wildman–Crippen LogP) is 1.05. The molecule has 0 spiro atoms. The Morgan fingerprint density at radius 3 is 2.46 bits per heavy atom. The number of benzene rings is 1. The Labute approximate surface area is 77.8 Å². The molecular weight excluding hydrogens is 186 g/mol. The predicted molar refractivity (Wildman–Crippen MR) is 50.7 cm³/mol. The van der Waals surface area contributed by atoms with Gasteiger partial charge in [-0.15, -0.1) is 0 Å². The molecular formula is C9H11NO2S. The van der Waals surface area contributed by atoms with Crippen LogP contribution < -0.4 is 4.72 Å². The van der Waals surface area contributed by atoms with Crippen molar-refractivity contribution in [2.24, 2.45) is 0 Å². The van der Waals surface area contributed by atoms with Gasteiger partial charge in [-0.2, -0.15) is 0 Å². The van der Waals surface area contributed by atoms with Crippen molar-refractivity contribution in [2.45, 2.75) is 12.5 Å². The Bertz CT molecular complexity index is 385. The lowest BCUT2D eigenvalue weighted by molar-refractivity contribution is 0.586. The largest absolute Gasteiger partial charge is 0.212 e. The van der Waals surface area contributed by atoms with Crippen LogP contribution in [0.25, 0.3) is 0 Å². The van der Waals surface area contributed by atoms with Crippen LogP contribution in [0.5, 0.6) is 0 Å². The van der Waals surface area contributed by atoms with Gasteiger partial charge < -0.3 is 0 Å². The van der Waals surface area contributed by atoms with Gasteiger partial charge in [-0.3, -0.25) is 0 Å². The van der Waals surface area contributed by atoms with E-state index in [0.717, 1.165) is 5.56 Å². The van der Waals surface area contributed by atoms with E-state index < -0.39 is 10.0 Å². The van der Waals surface area contributed by atoms with E-state index in [1.807, 2.05) is 30.3 Å². The first kappa shape index (κ1) is 8.72. The first-order valence-electron chi connectivity index (χ1n) is 4.22. The van der Waals surface area contributed by atoms with Crippen LogP contribution >= 0.6 is 0 Å². The second-order valence-corrected chi connectivity index (χ2v) is 5.06. The molecule has 1 aromatic carbocycles. The lowest BCUT2D eigenvalue weighted by Crippen LogP contribution is -2.19. The molecule has 4 heteroatoms. The molecule has 1 N–H and O–H groups in total. The third kappa shape index (κ3) is 1.89. The first-order valence-corrected chi connectivity index (χ1v) is 5.87. The Morgan fingerprint density at radius 2 is 1.92 bits per heavy atom. The smallest absolute Gasteiger partial charge is 0.212 e. The molecule has 0 amide bonds. The van der Waals surface area contributed by atoms with Crippen molar-refractivity contribution >= 4 is 10.0 Å². The van der Waals surface area contributed by atoms with Gasteiger partial charge in [0.1, 0.15) is 0 Å². The van der Waals surface area contributed by atoms with Crippen molar-refractivity contribution in [3.63, 3.8) is 0 Å². The molecule has 1 atom stereocenters. The van der Waals surface area contributed by atoms with Crippen LogP contribution in [0.4, 0.5) is 0 Å². The maximum absolute atomic E-state index is 11.1. The van der Waals surface area contributed by atoms with Gasteiger partial charge in [0, 0.05) is 6.04 Å². The van der Waals surface area contributed by atoms with Gasteiger partial charge in [0.2, 0.25) is 10.0 Å². The van der Waals surface area contributed by atoms with E-state index in [4.69, 9.17) is 0 Å². The maximum Gasteiger partial charge on any atom is 0.212 e. The van der Waals surface area contributed by atoms with Gasteiger partial charge in [0.05, 0.1) is 5.75 Å². The van der Waals surface area contributed by atoms with Crippen LogP contribution in [0.2, 0.25) is 0 Å². The van der Waals surface area contributed by atoms with Crippen molar-refractivity contribution < 1.29 is 8.42 Å². The summed E-state index contributed by atoms with van der Waals surface area (Å²) in [6, 6.07) is 9.62. The fraction of sp³-hybridized carbons (Fsp3) is 0.333. The minimum atomic E-state index is -2.99. The van der Waals surface area contributed by atoms with Gasteiger partial charge >= 0.3 is 0 Å². The normalized spacial score (nSPS) is 26.0.